The molecular weight excluding hydrogens is 268 g/mol. The van der Waals surface area contributed by atoms with E-state index in [1.165, 1.54) is 64.2 Å². The molecule has 0 spiro atoms. The molecule has 8 bridgehead atoms. The lowest BCUT2D eigenvalue weighted by Gasteiger charge is -2.55. The van der Waals surface area contributed by atoms with Gasteiger partial charge in [-0.25, -0.2) is 0 Å². The molecule has 0 aromatic rings. The Morgan fingerprint density at radius 1 is 0.545 bits per heavy atom. The van der Waals surface area contributed by atoms with Gasteiger partial charge >= 0.3 is 0 Å². The molecule has 124 valence electrons. The van der Waals surface area contributed by atoms with Crippen LogP contribution in [-0.4, -0.2) is 11.6 Å². The summed E-state index contributed by atoms with van der Waals surface area (Å²) in [7, 11) is 0. The Balaban J connectivity index is 0.000000102. The molecule has 2 nitrogen and oxygen atoms in total. The van der Waals surface area contributed by atoms with Crippen LogP contribution in [0.5, 0.6) is 0 Å². The molecule has 8 aliphatic carbocycles. The van der Waals surface area contributed by atoms with Crippen LogP contribution in [0, 0.1) is 41.4 Å². The van der Waals surface area contributed by atoms with Crippen LogP contribution in [0.4, 0.5) is 0 Å². The molecule has 0 heterocycles. The molecule has 0 unspecified atom stereocenters. The number of rotatable bonds is 0. The largest absolute Gasteiger partial charge is 0.327 e. The van der Waals surface area contributed by atoms with E-state index >= 15 is 0 Å². The average Bonchev–Trinajstić information content (AvgIpc) is 2.41. The Kier molecular flexibility index (Phi) is 3.22. The summed E-state index contributed by atoms with van der Waals surface area (Å²) in [6, 6.07) is 0.586. The summed E-state index contributed by atoms with van der Waals surface area (Å²) < 4.78 is 0. The van der Waals surface area contributed by atoms with Crippen LogP contribution in [0.2, 0.25) is 0 Å². The molecule has 0 aromatic carbocycles. The van der Waals surface area contributed by atoms with E-state index in [9.17, 15) is 0 Å². The summed E-state index contributed by atoms with van der Waals surface area (Å²) in [4.78, 5) is 0. The molecule has 0 aliphatic heterocycles. The van der Waals surface area contributed by atoms with Gasteiger partial charge in [0.15, 0.2) is 0 Å². The smallest absolute Gasteiger partial charge is 0.0162 e. The first kappa shape index (κ1) is 14.3. The van der Waals surface area contributed by atoms with E-state index in [-0.39, 0.29) is 0 Å². The van der Waals surface area contributed by atoms with Gasteiger partial charge in [0.25, 0.3) is 0 Å². The van der Waals surface area contributed by atoms with Gasteiger partial charge in [-0.2, -0.15) is 0 Å². The highest BCUT2D eigenvalue weighted by Gasteiger charge is 2.49. The molecule has 0 saturated heterocycles. The van der Waals surface area contributed by atoms with E-state index in [0.29, 0.717) is 11.6 Å². The SMILES string of the molecule is NC12CC3CC(CC(C3)C1)C2.NC1C2CC3CC(C2)CC1C3. The first-order chi connectivity index (χ1) is 10.6. The van der Waals surface area contributed by atoms with Crippen molar-refractivity contribution in [1.82, 2.24) is 0 Å². The number of hydrogen-bond acceptors (Lipinski definition) is 2. The standard InChI is InChI=1S/2C10H17N/c11-10-4-7-1-8(5-10)3-9(2-7)6-10;11-10-8-2-6-1-7(4-8)5-9(10)3-6/h7-9H,1-6,11H2;6-10H,1-5,11H2. The van der Waals surface area contributed by atoms with Crippen molar-refractivity contribution in [2.24, 2.45) is 52.9 Å². The molecule has 22 heavy (non-hydrogen) atoms. The lowest BCUT2D eigenvalue weighted by atomic mass is 9.53. The van der Waals surface area contributed by atoms with Crippen molar-refractivity contribution in [3.8, 4) is 0 Å². The minimum atomic E-state index is 0.300. The van der Waals surface area contributed by atoms with E-state index in [4.69, 9.17) is 11.5 Å². The second-order valence-electron chi connectivity index (χ2n) is 10.3. The minimum Gasteiger partial charge on any atom is -0.327 e. The van der Waals surface area contributed by atoms with Crippen molar-refractivity contribution in [2.75, 3.05) is 0 Å². The molecule has 4 N–H and O–H groups in total. The van der Waals surface area contributed by atoms with Gasteiger partial charge in [0.05, 0.1) is 0 Å². The van der Waals surface area contributed by atoms with Crippen LogP contribution in [0.1, 0.15) is 70.6 Å². The van der Waals surface area contributed by atoms with Gasteiger partial charge in [0, 0.05) is 11.6 Å². The van der Waals surface area contributed by atoms with Crippen LogP contribution >= 0.6 is 0 Å². The zero-order chi connectivity index (χ0) is 14.9. The van der Waals surface area contributed by atoms with E-state index in [2.05, 4.69) is 0 Å². The Labute approximate surface area is 135 Å². The molecule has 0 atom stereocenters. The molecule has 8 fully saturated rings. The molecule has 8 aliphatic rings. The monoisotopic (exact) mass is 302 g/mol. The molecular formula is C20H34N2. The maximum atomic E-state index is 6.32. The summed E-state index contributed by atoms with van der Waals surface area (Å²) in [6.45, 7) is 0. The summed E-state index contributed by atoms with van der Waals surface area (Å²) in [5.41, 5.74) is 12.8. The van der Waals surface area contributed by atoms with E-state index < -0.39 is 0 Å². The summed E-state index contributed by atoms with van der Waals surface area (Å²) in [6.07, 6.45) is 16.0. The Hall–Kier alpha value is -0.0800. The Morgan fingerprint density at radius 2 is 0.909 bits per heavy atom. The minimum absolute atomic E-state index is 0.300. The highest BCUT2D eigenvalue weighted by atomic mass is 14.8. The molecule has 0 amide bonds. The van der Waals surface area contributed by atoms with Gasteiger partial charge in [0.1, 0.15) is 0 Å². The van der Waals surface area contributed by atoms with Crippen LogP contribution < -0.4 is 11.5 Å². The van der Waals surface area contributed by atoms with Crippen molar-refractivity contribution in [3.63, 3.8) is 0 Å². The molecule has 8 saturated carbocycles. The molecule has 0 aromatic heterocycles. The van der Waals surface area contributed by atoms with Crippen LogP contribution in [0.15, 0.2) is 0 Å². The normalized spacial score (nSPS) is 60.3. The lowest BCUT2D eigenvalue weighted by molar-refractivity contribution is 0.000283. The summed E-state index contributed by atoms with van der Waals surface area (Å²) >= 11 is 0. The van der Waals surface area contributed by atoms with Crippen LogP contribution in [-0.2, 0) is 0 Å². The fraction of sp³-hybridized carbons (Fsp3) is 1.00. The first-order valence-corrected chi connectivity index (χ1v) is 10.1. The Bertz CT molecular complexity index is 380. The van der Waals surface area contributed by atoms with Crippen molar-refractivity contribution in [1.29, 1.82) is 0 Å². The molecule has 0 radical (unpaired) electrons. The topological polar surface area (TPSA) is 52.0 Å². The van der Waals surface area contributed by atoms with Crippen molar-refractivity contribution >= 4 is 0 Å². The van der Waals surface area contributed by atoms with Gasteiger partial charge < -0.3 is 11.5 Å². The fourth-order valence-electron chi connectivity index (χ4n) is 8.14. The van der Waals surface area contributed by atoms with Crippen LogP contribution in [0.25, 0.3) is 0 Å². The summed E-state index contributed by atoms with van der Waals surface area (Å²) in [5, 5.41) is 0. The summed E-state index contributed by atoms with van der Waals surface area (Å²) in [5.74, 6) is 7.07. The maximum Gasteiger partial charge on any atom is 0.0162 e. The number of hydrogen-bond donors (Lipinski definition) is 2. The third-order valence-corrected chi connectivity index (χ3v) is 8.39. The fourth-order valence-corrected chi connectivity index (χ4v) is 8.14. The maximum absolute atomic E-state index is 6.32. The zero-order valence-electron chi connectivity index (χ0n) is 14.1. The lowest BCUT2D eigenvalue weighted by Crippen LogP contribution is -2.55. The van der Waals surface area contributed by atoms with E-state index in [1.54, 1.807) is 6.42 Å². The average molecular weight is 303 g/mol. The van der Waals surface area contributed by atoms with Gasteiger partial charge in [-0.15, -0.1) is 0 Å². The van der Waals surface area contributed by atoms with Crippen molar-refractivity contribution in [3.05, 3.63) is 0 Å². The van der Waals surface area contributed by atoms with Gasteiger partial charge in [-0.3, -0.25) is 0 Å². The van der Waals surface area contributed by atoms with Crippen molar-refractivity contribution in [2.45, 2.75) is 82.2 Å². The van der Waals surface area contributed by atoms with Crippen LogP contribution in [0.3, 0.4) is 0 Å². The third kappa shape index (κ3) is 2.36. The second-order valence-corrected chi connectivity index (χ2v) is 10.3. The highest BCUT2D eigenvalue weighted by molar-refractivity contribution is 5.04. The second kappa shape index (κ2) is 4.96. The van der Waals surface area contributed by atoms with Gasteiger partial charge in [-0.1, -0.05) is 0 Å². The van der Waals surface area contributed by atoms with E-state index in [0.717, 1.165) is 41.4 Å². The van der Waals surface area contributed by atoms with Gasteiger partial charge in [0.2, 0.25) is 0 Å². The Morgan fingerprint density at radius 3 is 1.27 bits per heavy atom. The molecule has 2 heteroatoms. The van der Waals surface area contributed by atoms with Crippen molar-refractivity contribution < 1.29 is 0 Å². The van der Waals surface area contributed by atoms with E-state index in [1.807, 2.05) is 0 Å². The predicted molar refractivity (Wildman–Crippen MR) is 90.1 cm³/mol. The quantitative estimate of drug-likeness (QED) is 0.717. The number of nitrogens with two attached hydrogens (primary N) is 2. The third-order valence-electron chi connectivity index (χ3n) is 8.39. The predicted octanol–water partition coefficient (Wildman–Crippen LogP) is 3.68. The first-order valence-electron chi connectivity index (χ1n) is 10.1. The molecule has 8 rings (SSSR count). The zero-order valence-corrected chi connectivity index (χ0v) is 14.1. The highest BCUT2D eigenvalue weighted by Crippen LogP contribution is 2.54. The van der Waals surface area contributed by atoms with Gasteiger partial charge in [-0.05, 0) is 112 Å².